The Bertz CT molecular complexity index is 621. The van der Waals surface area contributed by atoms with Crippen molar-refractivity contribution in [1.29, 1.82) is 0 Å². The van der Waals surface area contributed by atoms with E-state index in [1.807, 2.05) is 0 Å². The Morgan fingerprint density at radius 1 is 1.35 bits per heavy atom. The Balaban J connectivity index is 2.47. The third-order valence-electron chi connectivity index (χ3n) is 3.55. The number of nitrogens with zero attached hydrogens (tertiary/aromatic N) is 2. The first kappa shape index (κ1) is 14.8. The summed E-state index contributed by atoms with van der Waals surface area (Å²) in [5, 5.41) is 9.92. The molecule has 3 N–H and O–H groups in total. The summed E-state index contributed by atoms with van der Waals surface area (Å²) in [4.78, 5) is 4.14. The molecule has 0 aliphatic heterocycles. The molecule has 2 rings (SSSR count). The average molecular weight is 287 g/mol. The molecule has 110 valence electrons. The summed E-state index contributed by atoms with van der Waals surface area (Å²) in [5.41, 5.74) is 3.63. The Morgan fingerprint density at radius 3 is 2.45 bits per heavy atom. The van der Waals surface area contributed by atoms with Crippen LogP contribution < -0.4 is 5.73 Å². The average Bonchev–Trinajstić information content (AvgIpc) is 2.65. The summed E-state index contributed by atoms with van der Waals surface area (Å²) >= 11 is 0. The van der Waals surface area contributed by atoms with Crippen LogP contribution in [-0.4, -0.2) is 32.5 Å². The lowest BCUT2D eigenvalue weighted by Gasteiger charge is -2.33. The fourth-order valence-corrected chi connectivity index (χ4v) is 2.11. The largest absolute Gasteiger partial charge is 0.419 e. The van der Waals surface area contributed by atoms with Gasteiger partial charge in [0.15, 0.2) is 5.60 Å². The lowest BCUT2D eigenvalue weighted by atomic mass is 9.91. The predicted molar refractivity (Wildman–Crippen MR) is 69.1 cm³/mol. The molecule has 0 aliphatic rings. The van der Waals surface area contributed by atoms with E-state index in [1.54, 1.807) is 31.3 Å². The molecule has 4 nitrogen and oxygen atoms in total. The fraction of sp³-hybridized carbons (Fsp3) is 0.462. The third-order valence-corrected chi connectivity index (χ3v) is 3.55. The minimum Gasteiger partial charge on any atom is -0.379 e. The van der Waals surface area contributed by atoms with E-state index in [4.69, 9.17) is 5.73 Å². The molecule has 0 bridgehead atoms. The molecular weight excluding hydrogens is 271 g/mol. The molecule has 1 aromatic carbocycles. The molecule has 1 aromatic heterocycles. The molecule has 0 fully saturated rings. The number of aromatic nitrogens is 2. The molecule has 20 heavy (non-hydrogen) atoms. The minimum atomic E-state index is -4.82. The van der Waals surface area contributed by atoms with Crippen LogP contribution in [0.2, 0.25) is 0 Å². The van der Waals surface area contributed by atoms with Crippen LogP contribution >= 0.6 is 0 Å². The zero-order valence-electron chi connectivity index (χ0n) is 11.1. The lowest BCUT2D eigenvalue weighted by molar-refractivity contribution is -0.266. The smallest absolute Gasteiger partial charge is 0.379 e. The van der Waals surface area contributed by atoms with E-state index < -0.39 is 24.2 Å². The lowest BCUT2D eigenvalue weighted by Crippen LogP contribution is -2.58. The highest BCUT2D eigenvalue weighted by Gasteiger charge is 2.56. The SMILES string of the molecule is CC(N)C(O)(Cc1nc2ccccc2n1C)C(F)(F)F. The molecule has 0 amide bonds. The Hall–Kier alpha value is -1.60. The first-order valence-electron chi connectivity index (χ1n) is 6.12. The van der Waals surface area contributed by atoms with Crippen LogP contribution in [0.1, 0.15) is 12.7 Å². The van der Waals surface area contributed by atoms with E-state index in [1.165, 1.54) is 4.57 Å². The van der Waals surface area contributed by atoms with Gasteiger partial charge >= 0.3 is 6.18 Å². The minimum absolute atomic E-state index is 0.142. The number of aryl methyl sites for hydroxylation is 1. The van der Waals surface area contributed by atoms with Crippen molar-refractivity contribution in [2.45, 2.75) is 31.2 Å². The zero-order valence-corrected chi connectivity index (χ0v) is 11.1. The number of nitrogens with two attached hydrogens (primary N) is 1. The fourth-order valence-electron chi connectivity index (χ4n) is 2.11. The summed E-state index contributed by atoms with van der Waals surface area (Å²) in [6.07, 6.45) is -5.50. The highest BCUT2D eigenvalue weighted by atomic mass is 19.4. The number of hydrogen-bond donors (Lipinski definition) is 2. The van der Waals surface area contributed by atoms with Gasteiger partial charge in [0.05, 0.1) is 11.0 Å². The maximum absolute atomic E-state index is 13.1. The third kappa shape index (κ3) is 2.27. The van der Waals surface area contributed by atoms with Crippen LogP contribution in [0.15, 0.2) is 24.3 Å². The van der Waals surface area contributed by atoms with Gasteiger partial charge in [-0.15, -0.1) is 0 Å². The van der Waals surface area contributed by atoms with Crippen molar-refractivity contribution in [3.8, 4) is 0 Å². The van der Waals surface area contributed by atoms with Gasteiger partial charge in [0, 0.05) is 19.5 Å². The maximum atomic E-state index is 13.1. The van der Waals surface area contributed by atoms with Gasteiger partial charge in [0.25, 0.3) is 0 Å². The van der Waals surface area contributed by atoms with Gasteiger partial charge < -0.3 is 15.4 Å². The number of benzene rings is 1. The van der Waals surface area contributed by atoms with E-state index in [-0.39, 0.29) is 5.82 Å². The van der Waals surface area contributed by atoms with Crippen molar-refractivity contribution in [2.75, 3.05) is 0 Å². The van der Waals surface area contributed by atoms with Gasteiger partial charge in [0.2, 0.25) is 0 Å². The van der Waals surface area contributed by atoms with E-state index in [0.29, 0.717) is 11.0 Å². The second-order valence-corrected chi connectivity index (χ2v) is 4.96. The number of halogens is 3. The van der Waals surface area contributed by atoms with Crippen LogP contribution in [0.5, 0.6) is 0 Å². The monoisotopic (exact) mass is 287 g/mol. The molecule has 0 radical (unpaired) electrons. The molecule has 0 aliphatic carbocycles. The van der Waals surface area contributed by atoms with Crippen molar-refractivity contribution in [3.05, 3.63) is 30.1 Å². The number of alkyl halides is 3. The first-order valence-corrected chi connectivity index (χ1v) is 6.12. The van der Waals surface area contributed by atoms with E-state index >= 15 is 0 Å². The van der Waals surface area contributed by atoms with Gasteiger partial charge in [-0.25, -0.2) is 4.98 Å². The number of fused-ring (bicyclic) bond motifs is 1. The van der Waals surface area contributed by atoms with Crippen molar-refractivity contribution in [1.82, 2.24) is 9.55 Å². The van der Waals surface area contributed by atoms with E-state index in [9.17, 15) is 18.3 Å². The number of aliphatic hydroxyl groups is 1. The Kier molecular flexibility index (Phi) is 3.51. The molecule has 2 aromatic rings. The summed E-state index contributed by atoms with van der Waals surface area (Å²) in [7, 11) is 1.61. The zero-order chi connectivity index (χ0) is 15.1. The van der Waals surface area contributed by atoms with E-state index in [2.05, 4.69) is 4.98 Å². The van der Waals surface area contributed by atoms with Gasteiger partial charge in [0.1, 0.15) is 5.82 Å². The van der Waals surface area contributed by atoms with Crippen LogP contribution in [0.4, 0.5) is 13.2 Å². The first-order chi connectivity index (χ1) is 9.17. The molecule has 0 saturated carbocycles. The maximum Gasteiger partial charge on any atom is 0.419 e. The standard InChI is InChI=1S/C13H16F3N3O/c1-8(17)12(20,13(14,15)16)7-11-18-9-5-3-4-6-10(9)19(11)2/h3-6,8,20H,7,17H2,1-2H3. The number of hydrogen-bond acceptors (Lipinski definition) is 3. The number of para-hydroxylation sites is 2. The van der Waals surface area contributed by atoms with Crippen LogP contribution in [0, 0.1) is 0 Å². The second kappa shape index (κ2) is 4.75. The molecule has 1 heterocycles. The second-order valence-electron chi connectivity index (χ2n) is 4.96. The molecular formula is C13H16F3N3O. The molecule has 2 unspecified atom stereocenters. The van der Waals surface area contributed by atoms with Crippen molar-refractivity contribution >= 4 is 11.0 Å². The normalized spacial score (nSPS) is 17.1. The predicted octanol–water partition coefficient (Wildman–Crippen LogP) is 1.76. The topological polar surface area (TPSA) is 64.1 Å². The molecule has 7 heteroatoms. The highest BCUT2D eigenvalue weighted by Crippen LogP contribution is 2.35. The summed E-state index contributed by atoms with van der Waals surface area (Å²) in [5.74, 6) is 0.142. The van der Waals surface area contributed by atoms with Crippen LogP contribution in [0.3, 0.4) is 0 Å². The molecule has 0 saturated heterocycles. The highest BCUT2D eigenvalue weighted by molar-refractivity contribution is 5.75. The quantitative estimate of drug-likeness (QED) is 0.904. The van der Waals surface area contributed by atoms with Gasteiger partial charge in [-0.2, -0.15) is 13.2 Å². The van der Waals surface area contributed by atoms with Gasteiger partial charge in [-0.1, -0.05) is 12.1 Å². The summed E-state index contributed by atoms with van der Waals surface area (Å²) in [6, 6.07) is 5.53. The molecule has 0 spiro atoms. The van der Waals surface area contributed by atoms with Gasteiger partial charge in [-0.05, 0) is 19.1 Å². The number of rotatable bonds is 3. The van der Waals surface area contributed by atoms with Crippen molar-refractivity contribution in [3.63, 3.8) is 0 Å². The van der Waals surface area contributed by atoms with E-state index in [0.717, 1.165) is 6.92 Å². The van der Waals surface area contributed by atoms with Crippen LogP contribution in [-0.2, 0) is 13.5 Å². The summed E-state index contributed by atoms with van der Waals surface area (Å²) in [6.45, 7) is 1.14. The van der Waals surface area contributed by atoms with Crippen molar-refractivity contribution < 1.29 is 18.3 Å². The molecule has 2 atom stereocenters. The van der Waals surface area contributed by atoms with Crippen molar-refractivity contribution in [2.24, 2.45) is 12.8 Å². The summed E-state index contributed by atoms with van der Waals surface area (Å²) < 4.78 is 40.7. The Labute approximate surface area is 114 Å². The number of imidazole rings is 1. The van der Waals surface area contributed by atoms with Gasteiger partial charge in [-0.3, -0.25) is 0 Å². The Morgan fingerprint density at radius 2 is 1.95 bits per heavy atom. The van der Waals surface area contributed by atoms with Crippen LogP contribution in [0.25, 0.3) is 11.0 Å².